The van der Waals surface area contributed by atoms with Gasteiger partial charge < -0.3 is 0 Å². The van der Waals surface area contributed by atoms with Crippen molar-refractivity contribution in [2.75, 3.05) is 0 Å². The van der Waals surface area contributed by atoms with Crippen LogP contribution in [0.25, 0.3) is 0 Å². The van der Waals surface area contributed by atoms with E-state index in [0.717, 1.165) is 0 Å². The zero-order chi connectivity index (χ0) is 15.5. The molecule has 0 aliphatic carbocycles. The first kappa shape index (κ1) is 43.0. The summed E-state index contributed by atoms with van der Waals surface area (Å²) in [6.07, 6.45) is 6.79. The summed E-state index contributed by atoms with van der Waals surface area (Å²) in [7, 11) is 0. The zero-order valence-corrected chi connectivity index (χ0v) is 15.5. The smallest absolute Gasteiger partial charge is 0.0536 e. The molecule has 0 unspecified atom stereocenters. The van der Waals surface area contributed by atoms with Crippen molar-refractivity contribution < 1.29 is 0 Å². The van der Waals surface area contributed by atoms with E-state index in [-0.39, 0.29) is 7.43 Å². The summed E-state index contributed by atoms with van der Waals surface area (Å²) in [6.45, 7) is 24.7. The van der Waals surface area contributed by atoms with Crippen molar-refractivity contribution in [1.29, 1.82) is 0 Å². The van der Waals surface area contributed by atoms with Crippen LogP contribution in [0.1, 0.15) is 123 Å². The van der Waals surface area contributed by atoms with Crippen LogP contribution in [0, 0.1) is 0 Å². The molecule has 0 amide bonds. The van der Waals surface area contributed by atoms with Gasteiger partial charge in [-0.1, -0.05) is 123 Å². The number of hydrogen-bond acceptors (Lipinski definition) is 0. The van der Waals surface area contributed by atoms with Gasteiger partial charge in [0.1, 0.15) is 0 Å². The standard InChI is InChI=1S/C6H14.C3H8.4C2H6.CH4/c1-3-5-6-4-2;1-3-2;4*1-2;/h3-6H2,1-2H3;3H2,1-2H3;4*1-2H3;1H4. The highest BCUT2D eigenvalue weighted by atomic mass is 13.8. The fourth-order valence-electron chi connectivity index (χ4n) is 0.500. The average molecular weight is 267 g/mol. The molecule has 0 fully saturated rings. The molecule has 122 valence electrons. The Kier molecular flexibility index (Phi) is 416. The summed E-state index contributed by atoms with van der Waals surface area (Å²) >= 11 is 0. The fraction of sp³-hybridized carbons (Fsp3) is 1.00. The maximum Gasteiger partial charge on any atom is -0.0536 e. The predicted molar refractivity (Wildman–Crippen MR) is 97.9 cm³/mol. The van der Waals surface area contributed by atoms with Gasteiger partial charge >= 0.3 is 0 Å². The summed E-state index contributed by atoms with van der Waals surface area (Å²) in [5, 5.41) is 0. The van der Waals surface area contributed by atoms with Gasteiger partial charge in [0.05, 0.1) is 0 Å². The molecule has 0 nitrogen and oxygen atoms in total. The molecule has 0 heterocycles. The van der Waals surface area contributed by atoms with Gasteiger partial charge in [0.15, 0.2) is 0 Å². The van der Waals surface area contributed by atoms with Gasteiger partial charge in [0.2, 0.25) is 0 Å². The van der Waals surface area contributed by atoms with Crippen LogP contribution >= 0.6 is 0 Å². The first-order chi connectivity index (χ1) is 8.33. The Bertz CT molecular complexity index is 19.2. The summed E-state index contributed by atoms with van der Waals surface area (Å²) in [5.74, 6) is 0. The quantitative estimate of drug-likeness (QED) is 0.448. The van der Waals surface area contributed by atoms with E-state index in [4.69, 9.17) is 0 Å². The third-order valence-corrected chi connectivity index (χ3v) is 0.957. The van der Waals surface area contributed by atoms with Gasteiger partial charge in [-0.3, -0.25) is 0 Å². The second kappa shape index (κ2) is 174. The highest BCUT2D eigenvalue weighted by molar-refractivity contribution is 4.31. The van der Waals surface area contributed by atoms with Crippen LogP contribution in [0.5, 0.6) is 0 Å². The Morgan fingerprint density at radius 3 is 0.611 bits per heavy atom. The van der Waals surface area contributed by atoms with Gasteiger partial charge in [0.25, 0.3) is 0 Å². The Hall–Kier alpha value is 0. The topological polar surface area (TPSA) is 0 Å². The van der Waals surface area contributed by atoms with Gasteiger partial charge in [-0.25, -0.2) is 0 Å². The molecule has 0 aliphatic heterocycles. The molecule has 0 radical (unpaired) electrons. The van der Waals surface area contributed by atoms with Crippen molar-refractivity contribution in [2.24, 2.45) is 0 Å². The van der Waals surface area contributed by atoms with Crippen molar-refractivity contribution in [3.8, 4) is 0 Å². The van der Waals surface area contributed by atoms with Crippen LogP contribution in [-0.2, 0) is 0 Å². The highest BCUT2D eigenvalue weighted by Crippen LogP contribution is 1.95. The van der Waals surface area contributed by atoms with Crippen LogP contribution in [0.2, 0.25) is 0 Å². The van der Waals surface area contributed by atoms with Crippen LogP contribution in [0.3, 0.4) is 0 Å². The summed E-state index contributed by atoms with van der Waals surface area (Å²) in [5.41, 5.74) is 0. The molecular formula is C18H50. The van der Waals surface area contributed by atoms with Crippen molar-refractivity contribution in [1.82, 2.24) is 0 Å². The Morgan fingerprint density at radius 2 is 0.556 bits per heavy atom. The molecule has 0 aromatic heterocycles. The molecule has 0 rings (SSSR count). The minimum Gasteiger partial charge on any atom is -0.0776 e. The van der Waals surface area contributed by atoms with Crippen molar-refractivity contribution in [3.63, 3.8) is 0 Å². The van der Waals surface area contributed by atoms with Gasteiger partial charge in [-0.2, -0.15) is 0 Å². The molecule has 0 saturated heterocycles. The molecule has 0 aromatic carbocycles. The number of rotatable bonds is 3. The predicted octanol–water partition coefficient (Wildman–Crippen LogP) is 8.74. The lowest BCUT2D eigenvalue weighted by atomic mass is 10.2. The van der Waals surface area contributed by atoms with Crippen molar-refractivity contribution in [2.45, 2.75) is 123 Å². The largest absolute Gasteiger partial charge is 0.0776 e. The van der Waals surface area contributed by atoms with E-state index < -0.39 is 0 Å². The molecule has 0 N–H and O–H groups in total. The van der Waals surface area contributed by atoms with Gasteiger partial charge in [-0.15, -0.1) is 0 Å². The highest BCUT2D eigenvalue weighted by Gasteiger charge is 1.75. The molecule has 0 atom stereocenters. The second-order valence-electron chi connectivity index (χ2n) is 2.41. The SMILES string of the molecule is C.CC.CC.CC.CC.CCC.CCCCCC. The number of unbranched alkanes of at least 4 members (excludes halogenated alkanes) is 3. The van der Waals surface area contributed by atoms with E-state index in [0.29, 0.717) is 0 Å². The van der Waals surface area contributed by atoms with Crippen LogP contribution in [-0.4, -0.2) is 0 Å². The monoisotopic (exact) mass is 266 g/mol. The van der Waals surface area contributed by atoms with Crippen LogP contribution in [0.4, 0.5) is 0 Å². The molecule has 0 spiro atoms. The van der Waals surface area contributed by atoms with Crippen molar-refractivity contribution in [3.05, 3.63) is 0 Å². The Morgan fingerprint density at radius 1 is 0.444 bits per heavy atom. The van der Waals surface area contributed by atoms with E-state index >= 15 is 0 Å². The van der Waals surface area contributed by atoms with E-state index in [1.807, 2.05) is 55.4 Å². The third-order valence-electron chi connectivity index (χ3n) is 0.957. The lowest BCUT2D eigenvalue weighted by molar-refractivity contribution is 0.702. The van der Waals surface area contributed by atoms with Gasteiger partial charge in [-0.05, 0) is 0 Å². The maximum atomic E-state index is 2.23. The summed E-state index contributed by atoms with van der Waals surface area (Å²) < 4.78 is 0. The first-order valence-electron chi connectivity index (χ1n) is 8.33. The van der Waals surface area contributed by atoms with E-state index in [1.165, 1.54) is 32.1 Å². The lowest BCUT2D eigenvalue weighted by Crippen LogP contribution is -1.66. The summed E-state index contributed by atoms with van der Waals surface area (Å²) in [6, 6.07) is 0. The molecular weight excluding hydrogens is 216 g/mol. The Labute approximate surface area is 123 Å². The number of hydrogen-bond donors (Lipinski definition) is 0. The minimum absolute atomic E-state index is 0. The molecule has 0 heteroatoms. The van der Waals surface area contributed by atoms with Crippen molar-refractivity contribution >= 4 is 0 Å². The fourth-order valence-corrected chi connectivity index (χ4v) is 0.500. The molecule has 0 aliphatic rings. The second-order valence-corrected chi connectivity index (χ2v) is 2.41. The van der Waals surface area contributed by atoms with Crippen LogP contribution < -0.4 is 0 Å². The zero-order valence-electron chi connectivity index (χ0n) is 15.5. The molecule has 0 aromatic rings. The van der Waals surface area contributed by atoms with Crippen LogP contribution in [0.15, 0.2) is 0 Å². The van der Waals surface area contributed by atoms with E-state index in [1.54, 1.807) is 0 Å². The van der Waals surface area contributed by atoms with E-state index in [2.05, 4.69) is 27.7 Å². The molecule has 0 saturated carbocycles. The lowest BCUT2D eigenvalue weighted by Gasteiger charge is -1.86. The summed E-state index contributed by atoms with van der Waals surface area (Å²) in [4.78, 5) is 0. The molecule has 0 bridgehead atoms. The molecule has 18 heavy (non-hydrogen) atoms. The maximum absolute atomic E-state index is 2.23. The van der Waals surface area contributed by atoms with Gasteiger partial charge in [0, 0.05) is 0 Å². The minimum atomic E-state index is 0. The Balaban J connectivity index is -0.0000000176. The normalized spacial score (nSPS) is 5.33. The van der Waals surface area contributed by atoms with E-state index in [9.17, 15) is 0 Å². The third kappa shape index (κ3) is 400. The first-order valence-corrected chi connectivity index (χ1v) is 8.33. The average Bonchev–Trinajstić information content (AvgIpc) is 2.46.